The third-order valence-electron chi connectivity index (χ3n) is 4.54. The van der Waals surface area contributed by atoms with Crippen molar-refractivity contribution in [3.8, 4) is 0 Å². The molecule has 0 radical (unpaired) electrons. The highest BCUT2D eigenvalue weighted by molar-refractivity contribution is 8.29. The van der Waals surface area contributed by atoms with Crippen molar-refractivity contribution in [1.29, 1.82) is 0 Å². The molecule has 0 aliphatic carbocycles. The van der Waals surface area contributed by atoms with Crippen molar-refractivity contribution in [3.63, 3.8) is 0 Å². The number of aryl methyl sites for hydroxylation is 3. The summed E-state index contributed by atoms with van der Waals surface area (Å²) in [4.78, 5) is 0. The van der Waals surface area contributed by atoms with Crippen LogP contribution in [0.15, 0.2) is 18.5 Å². The first-order chi connectivity index (χ1) is 16.8. The zero-order chi connectivity index (χ0) is 30.4. The van der Waals surface area contributed by atoms with Crippen LogP contribution >= 0.6 is 0 Å². The molecule has 0 N–H and O–H groups in total. The highest BCUT2D eigenvalue weighted by atomic mass is 32.3. The van der Waals surface area contributed by atoms with Gasteiger partial charge < -0.3 is 0 Å². The van der Waals surface area contributed by atoms with Crippen molar-refractivity contribution < 1.29 is 69.3 Å². The van der Waals surface area contributed by atoms with Crippen LogP contribution < -0.4 is 4.57 Å². The van der Waals surface area contributed by atoms with E-state index in [9.17, 15) is 64.8 Å². The molecule has 0 aromatic carbocycles. The van der Waals surface area contributed by atoms with E-state index in [0.29, 0.717) is 0 Å². The smallest absolute Gasteiger partial charge is 0.251 e. The minimum Gasteiger partial charge on any atom is -0.251 e. The number of hydrogen-bond donors (Lipinski definition) is 0. The molecule has 1 aromatic rings. The van der Waals surface area contributed by atoms with Crippen LogP contribution in [0.5, 0.6) is 0 Å². The Bertz CT molecular complexity index is 1110. The minimum atomic E-state index is -8.02. The quantitative estimate of drug-likeness (QED) is 0.152. The second kappa shape index (κ2) is 13.1. The van der Waals surface area contributed by atoms with Crippen LogP contribution in [0, 0.1) is 17.8 Å². The monoisotopic (exact) mass is 631 g/mol. The Balaban J connectivity index is 0.000000755. The number of pyridine rings is 1. The second-order valence-electron chi connectivity index (χ2n) is 7.99. The summed E-state index contributed by atoms with van der Waals surface area (Å²) in [6, 6.07) is 2.23. The summed E-state index contributed by atoms with van der Waals surface area (Å²) in [7, 11) is -24.1. The lowest BCUT2D eigenvalue weighted by atomic mass is 10.1. The van der Waals surface area contributed by atoms with Crippen molar-refractivity contribution in [2.24, 2.45) is 0 Å². The second-order valence-corrected chi connectivity index (χ2v) is 14.4. The van der Waals surface area contributed by atoms with Gasteiger partial charge in [0.25, 0.3) is 0 Å². The normalized spacial score (nSPS) is 13.8. The molecule has 1 heterocycles. The van der Waals surface area contributed by atoms with Gasteiger partial charge in [-0.25, -0.2) is 4.57 Å². The molecule has 19 heteroatoms. The minimum absolute atomic E-state index is 1.18. The fourth-order valence-corrected chi connectivity index (χ4v) is 8.65. The van der Waals surface area contributed by atoms with Crippen LogP contribution in [0.4, 0.5) is 39.5 Å². The van der Waals surface area contributed by atoms with Gasteiger partial charge in [-0.2, -0.15) is 39.5 Å². The number of alkyl halides is 9. The van der Waals surface area contributed by atoms with Gasteiger partial charge in [0.2, 0.25) is 0 Å². The molecule has 0 fully saturated rings. The number of hydrogen-bond acceptors (Lipinski definition) is 6. The summed E-state index contributed by atoms with van der Waals surface area (Å²) < 4.78 is 170. The zero-order valence-electron chi connectivity index (χ0n) is 20.2. The maximum Gasteiger partial charge on any atom is 0.470 e. The molecule has 0 spiro atoms. The molecule has 0 unspecified atom stereocenters. The van der Waals surface area contributed by atoms with E-state index in [1.54, 1.807) is 0 Å². The van der Waals surface area contributed by atoms with Crippen LogP contribution in [-0.2, 0) is 36.1 Å². The van der Waals surface area contributed by atoms with Gasteiger partial charge >= 0.3 is 16.5 Å². The SMILES string of the molecule is CCCCCCCC[n+]1cc(C)cc(C)c1.O=S(=O)([C-](S(=O)(=O)C(F)(F)F)S(=O)(=O)C(F)(F)F)C(F)(F)F. The van der Waals surface area contributed by atoms with Gasteiger partial charge in [-0.05, 0) is 26.3 Å². The van der Waals surface area contributed by atoms with Gasteiger partial charge in [0.05, 0.1) is 3.91 Å². The molecule has 0 aliphatic heterocycles. The molecule has 0 saturated heterocycles. The molecule has 0 aliphatic rings. The highest BCUT2D eigenvalue weighted by Crippen LogP contribution is 2.47. The van der Waals surface area contributed by atoms with E-state index in [1.807, 2.05) is 0 Å². The molecule has 1 rings (SSSR count). The standard InChI is InChI=1S/C15H26N.C4F9O6S3/c1-4-5-6-7-8-9-10-16-12-14(2)11-15(3)13-16;5-2(6,7)20(14,15)1(21(16,17)3(8,9)10)22(18,19)4(11,12)13/h11-13H,4-10H2,1-3H3;/q+1;-1. The molecule has 1 aromatic heterocycles. The number of sulfone groups is 3. The Hall–Kier alpha value is -1.63. The third-order valence-corrected chi connectivity index (χ3v) is 11.6. The maximum absolute atomic E-state index is 12.0. The number of rotatable bonds is 10. The van der Waals surface area contributed by atoms with E-state index >= 15 is 0 Å². The van der Waals surface area contributed by atoms with E-state index < -0.39 is 50.0 Å². The Kier molecular flexibility index (Phi) is 12.6. The summed E-state index contributed by atoms with van der Waals surface area (Å²) in [6.45, 7) is 7.79. The molecule has 0 atom stereocenters. The average Bonchev–Trinajstić information content (AvgIpc) is 2.67. The summed E-state index contributed by atoms with van der Waals surface area (Å²) >= 11 is 0. The average molecular weight is 632 g/mol. The van der Waals surface area contributed by atoms with Crippen molar-refractivity contribution >= 4 is 29.5 Å². The van der Waals surface area contributed by atoms with E-state index in [2.05, 4.69) is 43.8 Å². The van der Waals surface area contributed by atoms with Crippen LogP contribution in [0.3, 0.4) is 0 Å². The zero-order valence-corrected chi connectivity index (χ0v) is 22.7. The Morgan fingerprint density at radius 2 is 0.947 bits per heavy atom. The Morgan fingerprint density at radius 3 is 1.26 bits per heavy atom. The number of halogens is 9. The lowest BCUT2D eigenvalue weighted by molar-refractivity contribution is -0.698. The lowest BCUT2D eigenvalue weighted by Crippen LogP contribution is -2.47. The molecular formula is C19H26F9NO6S3. The van der Waals surface area contributed by atoms with E-state index in [0.717, 1.165) is 0 Å². The predicted molar refractivity (Wildman–Crippen MR) is 118 cm³/mol. The van der Waals surface area contributed by atoms with Crippen LogP contribution in [0.25, 0.3) is 0 Å². The third kappa shape index (κ3) is 9.53. The van der Waals surface area contributed by atoms with Crippen molar-refractivity contribution in [2.45, 2.75) is 82.4 Å². The van der Waals surface area contributed by atoms with Crippen LogP contribution in [0.2, 0.25) is 0 Å². The van der Waals surface area contributed by atoms with E-state index in [-0.39, 0.29) is 0 Å². The molecule has 0 saturated carbocycles. The number of aromatic nitrogens is 1. The fraction of sp³-hybridized carbons (Fsp3) is 0.684. The van der Waals surface area contributed by atoms with Gasteiger partial charge in [0.1, 0.15) is 6.54 Å². The molecule has 224 valence electrons. The van der Waals surface area contributed by atoms with E-state index in [4.69, 9.17) is 0 Å². The van der Waals surface area contributed by atoms with Gasteiger partial charge in [-0.1, -0.05) is 32.6 Å². The Morgan fingerprint density at radius 1 is 0.632 bits per heavy atom. The molecule has 38 heavy (non-hydrogen) atoms. The first-order valence-electron chi connectivity index (χ1n) is 10.6. The highest BCUT2D eigenvalue weighted by Gasteiger charge is 2.63. The molecule has 0 bridgehead atoms. The maximum atomic E-state index is 12.0. The largest absolute Gasteiger partial charge is 0.470 e. The Labute approximate surface area is 214 Å². The lowest BCUT2D eigenvalue weighted by Gasteiger charge is -2.31. The van der Waals surface area contributed by atoms with Crippen molar-refractivity contribution in [2.75, 3.05) is 0 Å². The summed E-state index contributed by atoms with van der Waals surface area (Å²) in [6.07, 6.45) is 12.7. The summed E-state index contributed by atoms with van der Waals surface area (Å²) in [5.74, 6) is 0. The number of unbranched alkanes of at least 4 members (excludes halogenated alkanes) is 5. The fourth-order valence-electron chi connectivity index (χ4n) is 2.91. The molecule has 0 amide bonds. The van der Waals surface area contributed by atoms with E-state index in [1.165, 1.54) is 56.2 Å². The first kappa shape index (κ1) is 36.4. The molecular weight excluding hydrogens is 605 g/mol. The topological polar surface area (TPSA) is 106 Å². The summed E-state index contributed by atoms with van der Waals surface area (Å²) in [5, 5.41) is 0. The van der Waals surface area contributed by atoms with Crippen LogP contribution in [-0.4, -0.2) is 41.8 Å². The van der Waals surface area contributed by atoms with Gasteiger partial charge in [0.15, 0.2) is 41.9 Å². The van der Waals surface area contributed by atoms with Crippen LogP contribution in [0.1, 0.15) is 56.6 Å². The van der Waals surface area contributed by atoms with Crippen molar-refractivity contribution in [1.82, 2.24) is 0 Å². The predicted octanol–water partition coefficient (Wildman–Crippen LogP) is 5.19. The van der Waals surface area contributed by atoms with Gasteiger partial charge in [0, 0.05) is 17.5 Å². The first-order valence-corrected chi connectivity index (χ1v) is 15.1. The van der Waals surface area contributed by atoms with Gasteiger partial charge in [-0.15, -0.1) is 0 Å². The van der Waals surface area contributed by atoms with Crippen molar-refractivity contribution in [3.05, 3.63) is 33.5 Å². The van der Waals surface area contributed by atoms with Gasteiger partial charge in [-0.3, -0.25) is 25.3 Å². The number of nitrogens with zero attached hydrogens (tertiary/aromatic N) is 1. The summed E-state index contributed by atoms with van der Waals surface area (Å²) in [5.41, 5.74) is -18.4. The molecule has 7 nitrogen and oxygen atoms in total.